The summed E-state index contributed by atoms with van der Waals surface area (Å²) in [6, 6.07) is -0.672. The molecule has 4 nitrogen and oxygen atoms in total. The van der Waals surface area contributed by atoms with E-state index in [1.807, 2.05) is 0 Å². The Labute approximate surface area is 99.6 Å². The fraction of sp³-hybridized carbons (Fsp3) is 0.909. The molecule has 5 heteroatoms. The number of ether oxygens (including phenoxy) is 1. The number of carbonyl (C=O) groups excluding carboxylic acids is 1. The van der Waals surface area contributed by atoms with Crippen LogP contribution in [0.5, 0.6) is 0 Å². The standard InChI is InChI=1S/C11H25NO3Si/c1-7-14-10(13)9(12)8-15-16(5,6)11(2,3)4/h9H,7-8,12H2,1-6H3. The van der Waals surface area contributed by atoms with E-state index in [1.165, 1.54) is 0 Å². The fourth-order valence-electron chi connectivity index (χ4n) is 0.832. The molecular formula is C11H25NO3Si. The van der Waals surface area contributed by atoms with Gasteiger partial charge in [-0.1, -0.05) is 20.8 Å². The van der Waals surface area contributed by atoms with Crippen LogP contribution in [0.1, 0.15) is 27.7 Å². The molecule has 0 spiro atoms. The van der Waals surface area contributed by atoms with Crippen molar-refractivity contribution in [1.29, 1.82) is 0 Å². The van der Waals surface area contributed by atoms with E-state index in [4.69, 9.17) is 14.9 Å². The van der Waals surface area contributed by atoms with Crippen LogP contribution in [0.2, 0.25) is 18.1 Å². The highest BCUT2D eigenvalue weighted by atomic mass is 28.4. The van der Waals surface area contributed by atoms with Crippen LogP contribution < -0.4 is 5.73 Å². The summed E-state index contributed by atoms with van der Waals surface area (Å²) in [6.07, 6.45) is 0. The normalized spacial score (nSPS) is 14.7. The molecule has 0 heterocycles. The van der Waals surface area contributed by atoms with Gasteiger partial charge in [-0.15, -0.1) is 0 Å². The van der Waals surface area contributed by atoms with E-state index >= 15 is 0 Å². The second-order valence-corrected chi connectivity index (χ2v) is 10.2. The maximum atomic E-state index is 11.3. The van der Waals surface area contributed by atoms with Gasteiger partial charge in [-0.3, -0.25) is 4.79 Å². The highest BCUT2D eigenvalue weighted by Gasteiger charge is 2.37. The Morgan fingerprint density at radius 1 is 1.38 bits per heavy atom. The lowest BCUT2D eigenvalue weighted by molar-refractivity contribution is -0.145. The van der Waals surface area contributed by atoms with Crippen molar-refractivity contribution in [3.8, 4) is 0 Å². The Bertz CT molecular complexity index is 236. The molecule has 16 heavy (non-hydrogen) atoms. The fourth-order valence-corrected chi connectivity index (χ4v) is 1.86. The predicted octanol–water partition coefficient (Wildman–Crippen LogP) is 1.90. The van der Waals surface area contributed by atoms with Gasteiger partial charge >= 0.3 is 5.97 Å². The van der Waals surface area contributed by atoms with E-state index in [0.717, 1.165) is 0 Å². The van der Waals surface area contributed by atoms with Gasteiger partial charge in [0.05, 0.1) is 13.2 Å². The summed E-state index contributed by atoms with van der Waals surface area (Å²) in [6.45, 7) is 13.1. The molecule has 0 aromatic rings. The molecule has 0 aliphatic heterocycles. The minimum atomic E-state index is -1.82. The number of esters is 1. The third-order valence-electron chi connectivity index (χ3n) is 3.02. The van der Waals surface area contributed by atoms with Crippen LogP contribution in [0.15, 0.2) is 0 Å². The number of rotatable bonds is 5. The molecule has 0 aliphatic carbocycles. The quantitative estimate of drug-likeness (QED) is 0.595. The first-order valence-corrected chi connectivity index (χ1v) is 8.59. The summed E-state index contributed by atoms with van der Waals surface area (Å²) in [5, 5.41) is 0.126. The van der Waals surface area contributed by atoms with Crippen molar-refractivity contribution in [3.63, 3.8) is 0 Å². The summed E-state index contributed by atoms with van der Waals surface area (Å²) in [4.78, 5) is 11.3. The predicted molar refractivity (Wildman–Crippen MR) is 67.8 cm³/mol. The minimum Gasteiger partial charge on any atom is -0.465 e. The molecule has 0 aliphatic rings. The van der Waals surface area contributed by atoms with E-state index < -0.39 is 14.4 Å². The molecule has 0 bridgehead atoms. The zero-order valence-electron chi connectivity index (χ0n) is 11.3. The van der Waals surface area contributed by atoms with Crippen LogP contribution in [0.4, 0.5) is 0 Å². The van der Waals surface area contributed by atoms with E-state index in [2.05, 4.69) is 33.9 Å². The second-order valence-electron chi connectivity index (χ2n) is 5.43. The molecule has 0 fully saturated rings. The number of hydrogen-bond acceptors (Lipinski definition) is 4. The topological polar surface area (TPSA) is 61.5 Å². The monoisotopic (exact) mass is 247 g/mol. The molecule has 0 saturated carbocycles. The minimum absolute atomic E-state index is 0.126. The Morgan fingerprint density at radius 3 is 2.25 bits per heavy atom. The van der Waals surface area contributed by atoms with Gasteiger partial charge in [0.1, 0.15) is 6.04 Å². The molecule has 1 unspecified atom stereocenters. The van der Waals surface area contributed by atoms with Crippen molar-refractivity contribution in [3.05, 3.63) is 0 Å². The van der Waals surface area contributed by atoms with Crippen molar-refractivity contribution in [2.24, 2.45) is 5.73 Å². The lowest BCUT2D eigenvalue weighted by Gasteiger charge is -2.36. The molecule has 0 rings (SSSR count). The summed E-state index contributed by atoms with van der Waals surface area (Å²) >= 11 is 0. The Balaban J connectivity index is 4.20. The summed E-state index contributed by atoms with van der Waals surface area (Å²) < 4.78 is 10.7. The summed E-state index contributed by atoms with van der Waals surface area (Å²) in [7, 11) is -1.82. The van der Waals surface area contributed by atoms with E-state index in [0.29, 0.717) is 6.61 Å². The van der Waals surface area contributed by atoms with Gasteiger partial charge in [-0.05, 0) is 25.1 Å². The number of carbonyl (C=O) groups is 1. The van der Waals surface area contributed by atoms with Gasteiger partial charge < -0.3 is 14.9 Å². The van der Waals surface area contributed by atoms with Crippen LogP contribution in [0.25, 0.3) is 0 Å². The molecular weight excluding hydrogens is 222 g/mol. The summed E-state index contributed by atoms with van der Waals surface area (Å²) in [5.41, 5.74) is 5.68. The maximum absolute atomic E-state index is 11.3. The largest absolute Gasteiger partial charge is 0.465 e. The van der Waals surface area contributed by atoms with E-state index in [1.54, 1.807) is 6.92 Å². The van der Waals surface area contributed by atoms with Crippen molar-refractivity contribution in [2.45, 2.75) is 51.9 Å². The molecule has 0 saturated heterocycles. The van der Waals surface area contributed by atoms with Gasteiger partial charge in [0.25, 0.3) is 0 Å². The zero-order valence-corrected chi connectivity index (χ0v) is 12.3. The molecule has 0 radical (unpaired) electrons. The smallest absolute Gasteiger partial charge is 0.325 e. The summed E-state index contributed by atoms with van der Waals surface area (Å²) in [5.74, 6) is -0.388. The van der Waals surface area contributed by atoms with Crippen LogP contribution >= 0.6 is 0 Å². The third-order valence-corrected chi connectivity index (χ3v) is 7.52. The van der Waals surface area contributed by atoms with Crippen LogP contribution in [0.3, 0.4) is 0 Å². The molecule has 0 aromatic carbocycles. The van der Waals surface area contributed by atoms with Crippen LogP contribution in [0, 0.1) is 0 Å². The SMILES string of the molecule is CCOC(=O)C(N)CO[Si](C)(C)C(C)(C)C. The molecule has 2 N–H and O–H groups in total. The van der Waals surface area contributed by atoms with Gasteiger partial charge in [0.2, 0.25) is 0 Å². The zero-order chi connectivity index (χ0) is 13.0. The van der Waals surface area contributed by atoms with Crippen molar-refractivity contribution in [2.75, 3.05) is 13.2 Å². The van der Waals surface area contributed by atoms with Gasteiger partial charge in [0.15, 0.2) is 8.32 Å². The van der Waals surface area contributed by atoms with Gasteiger partial charge in [-0.25, -0.2) is 0 Å². The molecule has 1 atom stereocenters. The maximum Gasteiger partial charge on any atom is 0.325 e. The van der Waals surface area contributed by atoms with Crippen molar-refractivity contribution >= 4 is 14.3 Å². The number of nitrogens with two attached hydrogens (primary N) is 1. The molecule has 0 amide bonds. The average molecular weight is 247 g/mol. The van der Waals surface area contributed by atoms with Crippen molar-refractivity contribution < 1.29 is 14.0 Å². The number of hydrogen-bond donors (Lipinski definition) is 1. The Morgan fingerprint density at radius 2 is 1.88 bits per heavy atom. The van der Waals surface area contributed by atoms with E-state index in [-0.39, 0.29) is 17.6 Å². The Kier molecular flexibility index (Phi) is 5.65. The lowest BCUT2D eigenvalue weighted by atomic mass is 10.2. The first-order valence-electron chi connectivity index (χ1n) is 5.68. The first-order chi connectivity index (χ1) is 7.12. The second kappa shape index (κ2) is 5.79. The lowest BCUT2D eigenvalue weighted by Crippen LogP contribution is -2.46. The Hall–Kier alpha value is -0.393. The average Bonchev–Trinajstić information content (AvgIpc) is 2.12. The van der Waals surface area contributed by atoms with E-state index in [9.17, 15) is 4.79 Å². The third kappa shape index (κ3) is 4.63. The van der Waals surface area contributed by atoms with Gasteiger partial charge in [0, 0.05) is 0 Å². The van der Waals surface area contributed by atoms with Crippen LogP contribution in [-0.2, 0) is 14.0 Å². The van der Waals surface area contributed by atoms with Crippen LogP contribution in [-0.4, -0.2) is 33.5 Å². The first kappa shape index (κ1) is 15.6. The molecule has 96 valence electrons. The highest BCUT2D eigenvalue weighted by Crippen LogP contribution is 2.36. The van der Waals surface area contributed by atoms with Crippen molar-refractivity contribution in [1.82, 2.24) is 0 Å². The van der Waals surface area contributed by atoms with Gasteiger partial charge in [-0.2, -0.15) is 0 Å². The highest BCUT2D eigenvalue weighted by molar-refractivity contribution is 6.74. The molecule has 0 aromatic heterocycles.